The summed E-state index contributed by atoms with van der Waals surface area (Å²) in [5.41, 5.74) is 3.36. The van der Waals surface area contributed by atoms with E-state index in [4.69, 9.17) is 4.74 Å². The summed E-state index contributed by atoms with van der Waals surface area (Å²) in [7, 11) is 0. The monoisotopic (exact) mass is 293 g/mol. The van der Waals surface area contributed by atoms with E-state index in [0.29, 0.717) is 13.0 Å². The molecule has 112 valence electrons. The minimum atomic E-state index is -0.162. The number of esters is 1. The molecule has 0 fully saturated rings. The van der Waals surface area contributed by atoms with E-state index in [-0.39, 0.29) is 11.9 Å². The van der Waals surface area contributed by atoms with Gasteiger partial charge in [0.25, 0.3) is 0 Å². The minimum absolute atomic E-state index is 0.0135. The van der Waals surface area contributed by atoms with Crippen molar-refractivity contribution >= 4 is 16.9 Å². The molecule has 1 heterocycles. The maximum absolute atomic E-state index is 12.0. The number of hydrogen-bond acceptors (Lipinski definition) is 2. The van der Waals surface area contributed by atoms with Crippen LogP contribution in [0.15, 0.2) is 60.8 Å². The molecule has 0 aliphatic heterocycles. The minimum Gasteiger partial charge on any atom is -0.466 e. The molecule has 1 unspecified atom stereocenters. The molecule has 1 atom stereocenters. The smallest absolute Gasteiger partial charge is 0.306 e. The number of carbonyl (C=O) groups is 1. The zero-order chi connectivity index (χ0) is 15.4. The van der Waals surface area contributed by atoms with Crippen LogP contribution in [-0.4, -0.2) is 17.6 Å². The number of hydrogen-bond donors (Lipinski definition) is 1. The Morgan fingerprint density at radius 2 is 1.91 bits per heavy atom. The molecule has 0 spiro atoms. The molecule has 0 bridgehead atoms. The maximum Gasteiger partial charge on any atom is 0.306 e. The van der Waals surface area contributed by atoms with E-state index in [1.54, 1.807) is 0 Å². The van der Waals surface area contributed by atoms with Crippen molar-refractivity contribution in [1.82, 2.24) is 4.98 Å². The van der Waals surface area contributed by atoms with Crippen LogP contribution in [0.4, 0.5) is 0 Å². The van der Waals surface area contributed by atoms with Crippen LogP contribution < -0.4 is 0 Å². The van der Waals surface area contributed by atoms with E-state index >= 15 is 0 Å². The van der Waals surface area contributed by atoms with Gasteiger partial charge in [0.05, 0.1) is 13.0 Å². The Kier molecular flexibility index (Phi) is 4.24. The van der Waals surface area contributed by atoms with Crippen LogP contribution in [0.2, 0.25) is 0 Å². The zero-order valence-corrected chi connectivity index (χ0v) is 12.6. The lowest BCUT2D eigenvalue weighted by atomic mass is 9.88. The molecule has 1 N–H and O–H groups in total. The second-order valence-electron chi connectivity index (χ2n) is 5.30. The summed E-state index contributed by atoms with van der Waals surface area (Å²) >= 11 is 0. The number of rotatable bonds is 5. The lowest BCUT2D eigenvalue weighted by molar-refractivity contribution is -0.143. The van der Waals surface area contributed by atoms with Gasteiger partial charge in [0.1, 0.15) is 0 Å². The number of aromatic amines is 1. The van der Waals surface area contributed by atoms with Gasteiger partial charge < -0.3 is 9.72 Å². The lowest BCUT2D eigenvalue weighted by Gasteiger charge is -2.17. The molecule has 3 aromatic rings. The Labute approximate surface area is 129 Å². The number of nitrogens with one attached hydrogen (secondary N) is 1. The average molecular weight is 293 g/mol. The van der Waals surface area contributed by atoms with Gasteiger partial charge in [-0.1, -0.05) is 36.4 Å². The highest BCUT2D eigenvalue weighted by atomic mass is 16.5. The topological polar surface area (TPSA) is 42.1 Å². The number of benzene rings is 2. The van der Waals surface area contributed by atoms with E-state index < -0.39 is 0 Å². The van der Waals surface area contributed by atoms with Crippen molar-refractivity contribution in [2.24, 2.45) is 0 Å². The fourth-order valence-electron chi connectivity index (χ4n) is 2.79. The van der Waals surface area contributed by atoms with E-state index in [1.165, 1.54) is 0 Å². The molecular formula is C19H19NO2. The van der Waals surface area contributed by atoms with E-state index in [2.05, 4.69) is 35.3 Å². The number of ether oxygens (including phenoxy) is 1. The van der Waals surface area contributed by atoms with Crippen molar-refractivity contribution in [3.8, 4) is 0 Å². The van der Waals surface area contributed by atoms with Crippen molar-refractivity contribution in [2.45, 2.75) is 19.3 Å². The van der Waals surface area contributed by atoms with E-state index in [0.717, 1.165) is 22.0 Å². The molecule has 0 aliphatic carbocycles. The third-order valence-corrected chi connectivity index (χ3v) is 3.86. The van der Waals surface area contributed by atoms with Crippen LogP contribution in [0, 0.1) is 0 Å². The second-order valence-corrected chi connectivity index (χ2v) is 5.30. The van der Waals surface area contributed by atoms with Gasteiger partial charge in [-0.05, 0) is 41.6 Å². The van der Waals surface area contributed by atoms with Crippen LogP contribution in [-0.2, 0) is 9.53 Å². The largest absolute Gasteiger partial charge is 0.466 e. The van der Waals surface area contributed by atoms with Crippen LogP contribution in [0.25, 0.3) is 10.9 Å². The summed E-state index contributed by atoms with van der Waals surface area (Å²) < 4.78 is 5.14. The van der Waals surface area contributed by atoms with Crippen molar-refractivity contribution in [1.29, 1.82) is 0 Å². The average Bonchev–Trinajstić information content (AvgIpc) is 3.01. The Morgan fingerprint density at radius 3 is 2.68 bits per heavy atom. The van der Waals surface area contributed by atoms with Gasteiger partial charge in [-0.2, -0.15) is 0 Å². The van der Waals surface area contributed by atoms with Gasteiger partial charge in [0, 0.05) is 17.6 Å². The fraction of sp³-hybridized carbons (Fsp3) is 0.211. The highest BCUT2D eigenvalue weighted by Gasteiger charge is 2.19. The highest BCUT2D eigenvalue weighted by molar-refractivity contribution is 5.80. The summed E-state index contributed by atoms with van der Waals surface area (Å²) in [6.07, 6.45) is 2.28. The molecule has 3 heteroatoms. The molecule has 2 aromatic carbocycles. The SMILES string of the molecule is CCOC(=O)CC(c1ccccc1)c1ccc2[nH]ccc2c1. The molecule has 3 rings (SSSR count). The highest BCUT2D eigenvalue weighted by Crippen LogP contribution is 2.30. The number of fused-ring (bicyclic) bond motifs is 1. The Morgan fingerprint density at radius 1 is 1.09 bits per heavy atom. The van der Waals surface area contributed by atoms with E-state index in [1.807, 2.05) is 37.4 Å². The van der Waals surface area contributed by atoms with Gasteiger partial charge in [-0.15, -0.1) is 0 Å². The molecule has 0 amide bonds. The number of aromatic nitrogens is 1. The standard InChI is InChI=1S/C19H19NO2/c1-2-22-19(21)13-17(14-6-4-3-5-7-14)15-8-9-18-16(12-15)10-11-20-18/h3-12,17,20H,2,13H2,1H3. The third-order valence-electron chi connectivity index (χ3n) is 3.86. The van der Waals surface area contributed by atoms with Crippen LogP contribution >= 0.6 is 0 Å². The second kappa shape index (κ2) is 6.48. The molecule has 1 aromatic heterocycles. The predicted octanol–water partition coefficient (Wildman–Crippen LogP) is 4.25. The van der Waals surface area contributed by atoms with Gasteiger partial charge in [0.2, 0.25) is 0 Å². The lowest BCUT2D eigenvalue weighted by Crippen LogP contribution is -2.11. The van der Waals surface area contributed by atoms with Gasteiger partial charge in [0.15, 0.2) is 0 Å². The Hall–Kier alpha value is -2.55. The van der Waals surface area contributed by atoms with E-state index in [9.17, 15) is 4.79 Å². The number of carbonyl (C=O) groups excluding carboxylic acids is 1. The Bertz CT molecular complexity index is 761. The van der Waals surface area contributed by atoms with Crippen molar-refractivity contribution in [2.75, 3.05) is 6.61 Å². The molecule has 3 nitrogen and oxygen atoms in total. The fourth-order valence-corrected chi connectivity index (χ4v) is 2.79. The first-order valence-corrected chi connectivity index (χ1v) is 7.55. The molecule has 0 saturated heterocycles. The molecule has 0 aliphatic rings. The van der Waals surface area contributed by atoms with Crippen LogP contribution in [0.1, 0.15) is 30.4 Å². The summed E-state index contributed by atoms with van der Waals surface area (Å²) in [5.74, 6) is -0.148. The zero-order valence-electron chi connectivity index (χ0n) is 12.6. The van der Waals surface area contributed by atoms with Crippen LogP contribution in [0.5, 0.6) is 0 Å². The molecule has 0 saturated carbocycles. The van der Waals surface area contributed by atoms with Gasteiger partial charge in [-0.3, -0.25) is 4.79 Å². The summed E-state index contributed by atoms with van der Waals surface area (Å²) in [4.78, 5) is 15.2. The summed E-state index contributed by atoms with van der Waals surface area (Å²) in [5, 5.41) is 1.15. The summed E-state index contributed by atoms with van der Waals surface area (Å²) in [6.45, 7) is 2.25. The first-order chi connectivity index (χ1) is 10.8. The normalized spacial score (nSPS) is 12.2. The van der Waals surface area contributed by atoms with Crippen molar-refractivity contribution < 1.29 is 9.53 Å². The Balaban J connectivity index is 1.98. The quantitative estimate of drug-likeness (QED) is 0.714. The third kappa shape index (κ3) is 3.03. The molecule has 0 radical (unpaired) electrons. The molecular weight excluding hydrogens is 274 g/mol. The predicted molar refractivity (Wildman–Crippen MR) is 87.8 cm³/mol. The maximum atomic E-state index is 12.0. The van der Waals surface area contributed by atoms with Crippen LogP contribution in [0.3, 0.4) is 0 Å². The first kappa shape index (κ1) is 14.4. The molecule has 22 heavy (non-hydrogen) atoms. The van der Waals surface area contributed by atoms with Crippen molar-refractivity contribution in [3.63, 3.8) is 0 Å². The summed E-state index contributed by atoms with van der Waals surface area (Å²) in [6, 6.07) is 18.4. The van der Waals surface area contributed by atoms with Gasteiger partial charge in [-0.25, -0.2) is 0 Å². The van der Waals surface area contributed by atoms with Crippen molar-refractivity contribution in [3.05, 3.63) is 71.9 Å². The number of H-pyrrole nitrogens is 1. The van der Waals surface area contributed by atoms with Gasteiger partial charge >= 0.3 is 5.97 Å². The first-order valence-electron chi connectivity index (χ1n) is 7.55.